The molecule has 4 nitrogen and oxygen atoms in total. The fourth-order valence-corrected chi connectivity index (χ4v) is 1.83. The summed E-state index contributed by atoms with van der Waals surface area (Å²) in [5, 5.41) is 2.72. The highest BCUT2D eigenvalue weighted by Gasteiger charge is 2.11. The molecule has 0 fully saturated rings. The largest absolute Gasteiger partial charge is 0.452 e. The number of benzene rings is 1. The van der Waals surface area contributed by atoms with Crippen molar-refractivity contribution in [3.05, 3.63) is 40.1 Å². The van der Waals surface area contributed by atoms with Gasteiger partial charge in [-0.15, -0.1) is 0 Å². The fraction of sp³-hybridized carbons (Fsp3) is 0.375. The normalized spacial score (nSPS) is 12.5. The average molecular weight is 372 g/mol. The van der Waals surface area contributed by atoms with Crippen LogP contribution in [0, 0.1) is 11.7 Å². The Hall–Kier alpha value is -1.69. The van der Waals surface area contributed by atoms with Gasteiger partial charge in [-0.05, 0) is 37.1 Å². The van der Waals surface area contributed by atoms with Gasteiger partial charge in [0, 0.05) is 22.2 Å². The van der Waals surface area contributed by atoms with E-state index in [0.29, 0.717) is 10.4 Å². The molecule has 1 amide bonds. The maximum Gasteiger partial charge on any atom is 0.331 e. The number of carbonyl (C=O) groups excluding carboxylic acids is 2. The number of esters is 1. The minimum atomic E-state index is -0.702. The molecule has 120 valence electrons. The molecular formula is C16H19BrFNO3. The standard InChI is InChI=1S/C16H19BrFNO3/c1-10(2)11(3)19-15(20)9-22-16(21)7-4-12-8-13(17)5-6-14(12)18/h4-8,10-11H,9H2,1-3H3,(H,19,20)/b7-4+/t11-/m1/s1. The second-order valence-corrected chi connectivity index (χ2v) is 6.12. The minimum absolute atomic E-state index is 0.00231. The van der Waals surface area contributed by atoms with Gasteiger partial charge in [-0.25, -0.2) is 9.18 Å². The third-order valence-electron chi connectivity index (χ3n) is 3.09. The molecule has 0 radical (unpaired) electrons. The van der Waals surface area contributed by atoms with E-state index in [1.807, 2.05) is 20.8 Å². The zero-order valence-corrected chi connectivity index (χ0v) is 14.3. The zero-order valence-electron chi connectivity index (χ0n) is 12.7. The average Bonchev–Trinajstić information content (AvgIpc) is 2.45. The van der Waals surface area contributed by atoms with Gasteiger partial charge in [0.1, 0.15) is 5.82 Å². The van der Waals surface area contributed by atoms with Crippen molar-refractivity contribution in [2.75, 3.05) is 6.61 Å². The van der Waals surface area contributed by atoms with Gasteiger partial charge >= 0.3 is 5.97 Å². The Morgan fingerprint density at radius 3 is 2.68 bits per heavy atom. The van der Waals surface area contributed by atoms with Crippen LogP contribution in [0.25, 0.3) is 6.08 Å². The lowest BCUT2D eigenvalue weighted by Crippen LogP contribution is -2.38. The van der Waals surface area contributed by atoms with Crippen LogP contribution in [0.5, 0.6) is 0 Å². The number of carbonyl (C=O) groups is 2. The predicted molar refractivity (Wildman–Crippen MR) is 86.5 cm³/mol. The van der Waals surface area contributed by atoms with Crippen LogP contribution in [0.2, 0.25) is 0 Å². The number of amides is 1. The molecule has 0 aliphatic heterocycles. The Morgan fingerprint density at radius 1 is 1.36 bits per heavy atom. The van der Waals surface area contributed by atoms with E-state index in [1.54, 1.807) is 6.07 Å². The third-order valence-corrected chi connectivity index (χ3v) is 3.58. The van der Waals surface area contributed by atoms with Crippen LogP contribution < -0.4 is 5.32 Å². The molecule has 1 aromatic rings. The maximum absolute atomic E-state index is 13.5. The molecule has 0 bridgehead atoms. The lowest BCUT2D eigenvalue weighted by atomic mass is 10.1. The van der Waals surface area contributed by atoms with Crippen molar-refractivity contribution >= 4 is 33.9 Å². The summed E-state index contributed by atoms with van der Waals surface area (Å²) >= 11 is 3.22. The Balaban J connectivity index is 2.48. The minimum Gasteiger partial charge on any atom is -0.452 e. The van der Waals surface area contributed by atoms with Crippen LogP contribution in [0.3, 0.4) is 0 Å². The van der Waals surface area contributed by atoms with Crippen LogP contribution in [0.4, 0.5) is 4.39 Å². The number of rotatable bonds is 6. The van der Waals surface area contributed by atoms with Crippen molar-refractivity contribution in [2.45, 2.75) is 26.8 Å². The van der Waals surface area contributed by atoms with Crippen LogP contribution in [0.1, 0.15) is 26.3 Å². The molecule has 0 spiro atoms. The molecular weight excluding hydrogens is 353 g/mol. The van der Waals surface area contributed by atoms with Gasteiger partial charge in [0.2, 0.25) is 0 Å². The number of hydrogen-bond donors (Lipinski definition) is 1. The van der Waals surface area contributed by atoms with E-state index in [4.69, 9.17) is 4.74 Å². The van der Waals surface area contributed by atoms with E-state index in [-0.39, 0.29) is 24.1 Å². The monoisotopic (exact) mass is 371 g/mol. The zero-order chi connectivity index (χ0) is 16.7. The van der Waals surface area contributed by atoms with Crippen LogP contribution >= 0.6 is 15.9 Å². The Morgan fingerprint density at radius 2 is 2.05 bits per heavy atom. The molecule has 22 heavy (non-hydrogen) atoms. The Bertz CT molecular complexity index is 573. The molecule has 0 aromatic heterocycles. The highest BCUT2D eigenvalue weighted by atomic mass is 79.9. The van der Waals surface area contributed by atoms with Crippen molar-refractivity contribution in [2.24, 2.45) is 5.92 Å². The van der Waals surface area contributed by atoms with Crippen molar-refractivity contribution in [3.8, 4) is 0 Å². The van der Waals surface area contributed by atoms with Crippen LogP contribution in [-0.2, 0) is 14.3 Å². The first kappa shape index (κ1) is 18.4. The Kier molecular flexibility index (Phi) is 7.24. The third kappa shape index (κ3) is 6.39. The summed E-state index contributed by atoms with van der Waals surface area (Å²) in [6, 6.07) is 4.38. The van der Waals surface area contributed by atoms with Crippen LogP contribution in [-0.4, -0.2) is 24.5 Å². The van der Waals surface area contributed by atoms with E-state index < -0.39 is 11.8 Å². The molecule has 0 aliphatic carbocycles. The number of hydrogen-bond acceptors (Lipinski definition) is 3. The van der Waals surface area contributed by atoms with Crippen molar-refractivity contribution < 1.29 is 18.7 Å². The fourth-order valence-electron chi connectivity index (χ4n) is 1.45. The van der Waals surface area contributed by atoms with Crippen molar-refractivity contribution in [1.29, 1.82) is 0 Å². The van der Waals surface area contributed by atoms with Gasteiger partial charge in [-0.3, -0.25) is 4.79 Å². The molecule has 1 rings (SSSR count). The number of halogens is 2. The SMILES string of the molecule is CC(C)[C@@H](C)NC(=O)COC(=O)/C=C/c1cc(Br)ccc1F. The summed E-state index contributed by atoms with van der Waals surface area (Å²) in [5.74, 6) is -1.22. The summed E-state index contributed by atoms with van der Waals surface area (Å²) in [6.45, 7) is 5.47. The quantitative estimate of drug-likeness (QED) is 0.616. The van der Waals surface area contributed by atoms with E-state index in [9.17, 15) is 14.0 Å². The topological polar surface area (TPSA) is 55.4 Å². The lowest BCUT2D eigenvalue weighted by molar-refractivity contribution is -0.144. The molecule has 0 saturated heterocycles. The molecule has 1 aromatic carbocycles. The summed E-state index contributed by atoms with van der Waals surface area (Å²) in [7, 11) is 0. The van der Waals surface area contributed by atoms with E-state index >= 15 is 0 Å². The molecule has 0 heterocycles. The smallest absolute Gasteiger partial charge is 0.331 e. The number of nitrogens with one attached hydrogen (secondary N) is 1. The van der Waals surface area contributed by atoms with Gasteiger partial charge in [-0.2, -0.15) is 0 Å². The lowest BCUT2D eigenvalue weighted by Gasteiger charge is -2.16. The summed E-state index contributed by atoms with van der Waals surface area (Å²) in [5.41, 5.74) is 0.254. The highest BCUT2D eigenvalue weighted by Crippen LogP contribution is 2.16. The summed E-state index contributed by atoms with van der Waals surface area (Å²) in [4.78, 5) is 23.1. The number of ether oxygens (including phenoxy) is 1. The van der Waals surface area contributed by atoms with E-state index in [1.165, 1.54) is 18.2 Å². The Labute approximate surface area is 137 Å². The first-order chi connectivity index (χ1) is 10.3. The summed E-state index contributed by atoms with van der Waals surface area (Å²) in [6.07, 6.45) is 2.39. The van der Waals surface area contributed by atoms with Gasteiger partial charge in [-0.1, -0.05) is 29.8 Å². The molecule has 0 unspecified atom stereocenters. The van der Waals surface area contributed by atoms with E-state index in [0.717, 1.165) is 6.08 Å². The van der Waals surface area contributed by atoms with Gasteiger partial charge in [0.25, 0.3) is 5.91 Å². The molecule has 0 aliphatic rings. The predicted octanol–water partition coefficient (Wildman–Crippen LogP) is 3.31. The van der Waals surface area contributed by atoms with Crippen LogP contribution in [0.15, 0.2) is 28.7 Å². The highest BCUT2D eigenvalue weighted by molar-refractivity contribution is 9.10. The first-order valence-corrected chi connectivity index (χ1v) is 7.68. The van der Waals surface area contributed by atoms with E-state index in [2.05, 4.69) is 21.2 Å². The van der Waals surface area contributed by atoms with Crippen molar-refractivity contribution in [1.82, 2.24) is 5.32 Å². The summed E-state index contributed by atoms with van der Waals surface area (Å²) < 4.78 is 19.0. The molecule has 6 heteroatoms. The van der Waals surface area contributed by atoms with Gasteiger partial charge in [0.05, 0.1) is 0 Å². The molecule has 1 N–H and O–H groups in total. The second kappa shape index (κ2) is 8.68. The maximum atomic E-state index is 13.5. The first-order valence-electron chi connectivity index (χ1n) is 6.89. The molecule has 1 atom stereocenters. The second-order valence-electron chi connectivity index (χ2n) is 5.21. The van der Waals surface area contributed by atoms with Gasteiger partial charge < -0.3 is 10.1 Å². The van der Waals surface area contributed by atoms with Crippen molar-refractivity contribution in [3.63, 3.8) is 0 Å². The van der Waals surface area contributed by atoms with Gasteiger partial charge in [0.15, 0.2) is 6.61 Å². The molecule has 0 saturated carbocycles.